The Morgan fingerprint density at radius 3 is 1.11 bits per heavy atom. The molecule has 0 atom stereocenters. The van der Waals surface area contributed by atoms with Crippen molar-refractivity contribution >= 4 is 11.4 Å². The highest BCUT2D eigenvalue weighted by atomic mass is 15.2. The minimum absolute atomic E-state index is 0.915. The first kappa shape index (κ1) is 48.6. The second-order valence-corrected chi connectivity index (χ2v) is 17.7. The van der Waals surface area contributed by atoms with E-state index in [1.165, 1.54) is 200 Å². The molecule has 0 aliphatic carbocycles. The summed E-state index contributed by atoms with van der Waals surface area (Å²) >= 11 is 0. The Morgan fingerprint density at radius 1 is 0.404 bits per heavy atom. The maximum Gasteiger partial charge on any atom is 0.214 e. The zero-order chi connectivity index (χ0) is 40.8. The molecule has 0 aromatic heterocycles. The summed E-state index contributed by atoms with van der Waals surface area (Å²) in [5.74, 6) is 0. The van der Waals surface area contributed by atoms with Gasteiger partial charge in [0.2, 0.25) is 11.4 Å². The van der Waals surface area contributed by atoms with Crippen molar-refractivity contribution in [3.05, 3.63) is 99.1 Å². The number of benzene rings is 2. The molecular formula is C55H88N2. The molecule has 2 aromatic rings. The molecule has 0 fully saturated rings. The lowest BCUT2D eigenvalue weighted by Crippen LogP contribution is -2.05. The monoisotopic (exact) mass is 777 g/mol. The Hall–Kier alpha value is -2.74. The van der Waals surface area contributed by atoms with Crippen LogP contribution in [0.4, 0.5) is 0 Å². The summed E-state index contributed by atoms with van der Waals surface area (Å²) in [5.41, 5.74) is 23.0. The summed E-state index contributed by atoms with van der Waals surface area (Å²) in [6.45, 7) is 11.4. The highest BCUT2D eigenvalue weighted by Crippen LogP contribution is 2.38. The smallest absolute Gasteiger partial charge is 0.214 e. The zero-order valence-electron chi connectivity index (χ0n) is 38.2. The third-order valence-electron chi connectivity index (χ3n) is 12.2. The Morgan fingerprint density at radius 2 is 0.737 bits per heavy atom. The van der Waals surface area contributed by atoms with Crippen molar-refractivity contribution in [1.29, 1.82) is 0 Å². The maximum atomic E-state index is 12.1. The van der Waals surface area contributed by atoms with Crippen LogP contribution < -0.4 is 0 Å². The molecule has 0 amide bonds. The van der Waals surface area contributed by atoms with Gasteiger partial charge in [0, 0.05) is 17.2 Å². The normalized spacial score (nSPS) is 13.1. The number of rotatable bonds is 35. The quantitative estimate of drug-likeness (QED) is 0.0492. The second kappa shape index (κ2) is 31.2. The SMILES string of the molecule is CCCCCCCCCCCCCCCCCCCCCC=CC1=C(c2cc(CCCC)cc(CCCC)c2)[N+](=[N-])C(c2cc(CCCC)cc(CCCC)c2)=C1. The lowest BCUT2D eigenvalue weighted by Gasteiger charge is -2.14. The second-order valence-electron chi connectivity index (χ2n) is 17.7. The molecule has 1 aliphatic heterocycles. The van der Waals surface area contributed by atoms with Crippen molar-refractivity contribution in [2.75, 3.05) is 0 Å². The first-order valence-electron chi connectivity index (χ1n) is 24.9. The van der Waals surface area contributed by atoms with E-state index in [2.05, 4.69) is 89.2 Å². The predicted molar refractivity (Wildman–Crippen MR) is 253 cm³/mol. The first-order chi connectivity index (χ1) is 28.0. The van der Waals surface area contributed by atoms with Crippen LogP contribution in [0.2, 0.25) is 0 Å². The molecule has 2 nitrogen and oxygen atoms in total. The Kier molecular flexibility index (Phi) is 26.6. The highest BCUT2D eigenvalue weighted by Gasteiger charge is 2.29. The Labute approximate surface area is 354 Å². The molecule has 0 saturated heterocycles. The van der Waals surface area contributed by atoms with Gasteiger partial charge in [-0.05, 0) is 111 Å². The van der Waals surface area contributed by atoms with Gasteiger partial charge >= 0.3 is 0 Å². The van der Waals surface area contributed by atoms with Crippen molar-refractivity contribution in [3.8, 4) is 0 Å². The molecule has 0 N–H and O–H groups in total. The van der Waals surface area contributed by atoms with E-state index in [-0.39, 0.29) is 0 Å². The molecule has 0 spiro atoms. The maximum absolute atomic E-state index is 12.1. The van der Waals surface area contributed by atoms with Gasteiger partial charge in [-0.1, -0.05) is 200 Å². The van der Waals surface area contributed by atoms with Crippen LogP contribution in [0.5, 0.6) is 0 Å². The average molecular weight is 777 g/mol. The summed E-state index contributed by atoms with van der Waals surface area (Å²) in [5, 5.41) is 0. The molecule has 3 rings (SSSR count). The van der Waals surface area contributed by atoms with Crippen molar-refractivity contribution in [2.45, 2.75) is 240 Å². The van der Waals surface area contributed by atoms with Crippen LogP contribution in [-0.4, -0.2) is 4.70 Å². The van der Waals surface area contributed by atoms with E-state index in [4.69, 9.17) is 0 Å². The number of aryl methyl sites for hydroxylation is 4. The molecule has 1 aliphatic rings. The zero-order valence-corrected chi connectivity index (χ0v) is 38.2. The summed E-state index contributed by atoms with van der Waals surface area (Å²) in [4.78, 5) is 0. The van der Waals surface area contributed by atoms with Crippen LogP contribution >= 0.6 is 0 Å². The van der Waals surface area contributed by atoms with E-state index in [9.17, 15) is 5.53 Å². The van der Waals surface area contributed by atoms with Gasteiger partial charge in [-0.15, -0.1) is 0 Å². The molecule has 318 valence electrons. The molecule has 0 unspecified atom stereocenters. The van der Waals surface area contributed by atoms with Crippen LogP contribution in [-0.2, 0) is 25.7 Å². The van der Waals surface area contributed by atoms with Gasteiger partial charge in [0.1, 0.15) is 0 Å². The Bertz CT molecular complexity index is 1420. The predicted octanol–water partition coefficient (Wildman–Crippen LogP) is 18.2. The van der Waals surface area contributed by atoms with Gasteiger partial charge in [0.25, 0.3) is 0 Å². The van der Waals surface area contributed by atoms with Crippen LogP contribution in [0.15, 0.2) is 60.2 Å². The molecular weight excluding hydrogens is 689 g/mol. The van der Waals surface area contributed by atoms with E-state index in [1.807, 2.05) is 0 Å². The topological polar surface area (TPSA) is 25.3 Å². The summed E-state index contributed by atoms with van der Waals surface area (Å²) in [6, 6.07) is 14.2. The van der Waals surface area contributed by atoms with E-state index in [0.29, 0.717) is 0 Å². The van der Waals surface area contributed by atoms with Crippen LogP contribution in [0, 0.1) is 0 Å². The van der Waals surface area contributed by atoms with Crippen molar-refractivity contribution < 1.29 is 4.70 Å². The van der Waals surface area contributed by atoms with Gasteiger partial charge in [-0.25, -0.2) is 4.70 Å². The average Bonchev–Trinajstić information content (AvgIpc) is 3.56. The highest BCUT2D eigenvalue weighted by molar-refractivity contribution is 5.81. The van der Waals surface area contributed by atoms with Crippen LogP contribution in [0.1, 0.15) is 248 Å². The van der Waals surface area contributed by atoms with Crippen molar-refractivity contribution in [3.63, 3.8) is 0 Å². The molecule has 0 radical (unpaired) electrons. The van der Waals surface area contributed by atoms with E-state index in [1.54, 1.807) is 0 Å². The minimum Gasteiger partial charge on any atom is -0.493 e. The summed E-state index contributed by atoms with van der Waals surface area (Å²) in [6.07, 6.45) is 48.8. The number of allylic oxidation sites excluding steroid dienone is 4. The number of unbranched alkanes of at least 4 members (excludes halogenated alkanes) is 23. The van der Waals surface area contributed by atoms with Crippen molar-refractivity contribution in [2.24, 2.45) is 0 Å². The molecule has 2 aromatic carbocycles. The molecule has 57 heavy (non-hydrogen) atoms. The van der Waals surface area contributed by atoms with E-state index >= 15 is 0 Å². The Balaban J connectivity index is 1.58. The minimum atomic E-state index is 0.915. The van der Waals surface area contributed by atoms with Gasteiger partial charge in [-0.3, -0.25) is 0 Å². The van der Waals surface area contributed by atoms with Gasteiger partial charge in [-0.2, -0.15) is 0 Å². The largest absolute Gasteiger partial charge is 0.493 e. The van der Waals surface area contributed by atoms with Gasteiger partial charge < -0.3 is 5.53 Å². The van der Waals surface area contributed by atoms with Gasteiger partial charge in [0.05, 0.1) is 5.57 Å². The fourth-order valence-corrected chi connectivity index (χ4v) is 8.60. The van der Waals surface area contributed by atoms with Gasteiger partial charge in [0.15, 0.2) is 0 Å². The van der Waals surface area contributed by atoms with Crippen LogP contribution in [0.25, 0.3) is 16.9 Å². The standard InChI is InChI=1S/C55H88N2/c1-6-11-16-17-18-19-20-21-22-23-24-25-26-27-28-29-30-31-32-33-34-39-51-46-54(52-42-47(35-12-7-2)40-48(43-52)36-13-8-3)57(56)55(51)53-44-49(37-14-9-4)41-50(45-53)38-15-10-5/h34,39-46H,6-33,35-38H2,1-5H3. The number of hydrogen-bond acceptors (Lipinski definition) is 0. The summed E-state index contributed by atoms with van der Waals surface area (Å²) < 4.78 is 1.53. The molecule has 0 bridgehead atoms. The van der Waals surface area contributed by atoms with Crippen molar-refractivity contribution in [1.82, 2.24) is 0 Å². The first-order valence-corrected chi connectivity index (χ1v) is 24.9. The lowest BCUT2D eigenvalue weighted by molar-refractivity contribution is -0.344. The third kappa shape index (κ3) is 19.7. The van der Waals surface area contributed by atoms with Crippen LogP contribution in [0.3, 0.4) is 0 Å². The number of nitrogens with zero attached hydrogens (tertiary/aromatic N) is 2. The fourth-order valence-electron chi connectivity index (χ4n) is 8.60. The van der Waals surface area contributed by atoms with E-state index < -0.39 is 0 Å². The third-order valence-corrected chi connectivity index (χ3v) is 12.2. The lowest BCUT2D eigenvalue weighted by atomic mass is 9.96. The molecule has 2 heteroatoms. The molecule has 0 saturated carbocycles. The number of hydrogen-bond donors (Lipinski definition) is 0. The van der Waals surface area contributed by atoms with E-state index in [0.717, 1.165) is 60.2 Å². The summed E-state index contributed by atoms with van der Waals surface area (Å²) in [7, 11) is 0. The molecule has 1 heterocycles. The fraction of sp³-hybridized carbons (Fsp3) is 0.673.